The molecule has 0 aliphatic heterocycles. The van der Waals surface area contributed by atoms with Crippen molar-refractivity contribution in [2.75, 3.05) is 28.2 Å². The third kappa shape index (κ3) is 6090. The fourth-order valence-corrected chi connectivity index (χ4v) is 0. The molecule has 0 unspecified atom stereocenters. The number of hydrogen-bond acceptors (Lipinski definition) is 8. The van der Waals surface area contributed by atoms with Crippen molar-refractivity contribution in [1.82, 2.24) is 0 Å². The molecule has 6 N–H and O–H groups in total. The van der Waals surface area contributed by atoms with Gasteiger partial charge < -0.3 is 42.8 Å². The topological polar surface area (TPSA) is 168 Å². The quantitative estimate of drug-likeness (QED) is 0.186. The molecule has 0 rings (SSSR count). The molecule has 0 heterocycles. The summed E-state index contributed by atoms with van der Waals surface area (Å²) in [5, 5.41) is 0. The molecule has 0 aromatic rings. The van der Waals surface area contributed by atoms with E-state index in [-0.39, 0.29) is 18.9 Å². The Labute approximate surface area is 108 Å². The van der Waals surface area contributed by atoms with Gasteiger partial charge in [-0.15, -0.1) is 0 Å². The molecule has 0 atom stereocenters. The number of nitrogens with zero attached hydrogens (tertiary/aromatic N) is 1. The Bertz CT molecular complexity index is 105. The number of rotatable bonds is 0. The minimum absolute atomic E-state index is 0. The van der Waals surface area contributed by atoms with Crippen LogP contribution in [0.5, 0.6) is 0 Å². The summed E-state index contributed by atoms with van der Waals surface area (Å²) in [5.41, 5.74) is 0. The first kappa shape index (κ1) is 25.5. The van der Waals surface area contributed by atoms with Crippen LogP contribution in [0.4, 0.5) is 0 Å². The summed E-state index contributed by atoms with van der Waals surface area (Å²) in [6, 6.07) is 0. The van der Waals surface area contributed by atoms with Crippen LogP contribution in [0, 0.1) is 0 Å². The number of quaternary nitrogens is 1. The molecule has 0 radical (unpaired) electrons. The third-order valence-corrected chi connectivity index (χ3v) is 0. The predicted molar refractivity (Wildman–Crippen MR) is 48.8 cm³/mol. The molecular weight excluding hydrogens is 253 g/mol. The SMILES string of the molecule is C[N+](C)(C)C.O[Si](O)(O)O.[Li+].[O-][Si]([O-])(O)O. The van der Waals surface area contributed by atoms with E-state index in [1.165, 1.54) is 0 Å². The van der Waals surface area contributed by atoms with Crippen molar-refractivity contribution < 1.29 is 61.7 Å². The minimum Gasteiger partial charge on any atom is -0.828 e. The van der Waals surface area contributed by atoms with E-state index in [0.29, 0.717) is 0 Å². The maximum Gasteiger partial charge on any atom is 1.00 e. The molecular formula is C4H18LiNO8Si2. The fourth-order valence-electron chi connectivity index (χ4n) is 0. The molecule has 0 aliphatic carbocycles. The molecule has 0 amide bonds. The van der Waals surface area contributed by atoms with Crippen LogP contribution in [-0.4, -0.2) is 79.5 Å². The van der Waals surface area contributed by atoms with Crippen LogP contribution in [0.2, 0.25) is 0 Å². The summed E-state index contributed by atoms with van der Waals surface area (Å²) in [5.74, 6) is 0. The minimum atomic E-state index is -5.11. The monoisotopic (exact) mass is 271 g/mol. The Morgan fingerprint density at radius 2 is 0.750 bits per heavy atom. The zero-order chi connectivity index (χ0) is 13.5. The zero-order valence-corrected chi connectivity index (χ0v) is 11.9. The van der Waals surface area contributed by atoms with E-state index in [9.17, 15) is 0 Å². The van der Waals surface area contributed by atoms with Crippen molar-refractivity contribution in [1.29, 1.82) is 0 Å². The van der Waals surface area contributed by atoms with Crippen LogP contribution in [0.3, 0.4) is 0 Å². The Morgan fingerprint density at radius 1 is 0.750 bits per heavy atom. The summed E-state index contributed by atoms with van der Waals surface area (Å²) in [7, 11) is -1.22. The van der Waals surface area contributed by atoms with Crippen molar-refractivity contribution in [3.05, 3.63) is 0 Å². The Morgan fingerprint density at radius 3 is 0.750 bits per heavy atom. The van der Waals surface area contributed by atoms with Gasteiger partial charge in [-0.3, -0.25) is 0 Å². The Balaban J connectivity index is -0.0000000655. The van der Waals surface area contributed by atoms with Crippen LogP contribution in [0.15, 0.2) is 0 Å². The first-order chi connectivity index (χ1) is 6.00. The second-order valence-corrected chi connectivity index (χ2v) is 6.13. The molecule has 0 spiro atoms. The van der Waals surface area contributed by atoms with Crippen LogP contribution in [-0.2, 0) is 0 Å². The van der Waals surface area contributed by atoms with Gasteiger partial charge in [-0.1, -0.05) is 0 Å². The molecule has 9 nitrogen and oxygen atoms in total. The summed E-state index contributed by atoms with van der Waals surface area (Å²) >= 11 is 0. The first-order valence-electron chi connectivity index (χ1n) is 3.54. The van der Waals surface area contributed by atoms with Gasteiger partial charge in [-0.25, -0.2) is 0 Å². The summed E-state index contributed by atoms with van der Waals surface area (Å²) in [6.45, 7) is 0. The maximum absolute atomic E-state index is 8.80. The fraction of sp³-hybridized carbons (Fsp3) is 1.00. The summed E-state index contributed by atoms with van der Waals surface area (Å²) in [4.78, 5) is 61.1. The summed E-state index contributed by atoms with van der Waals surface area (Å²) in [6.07, 6.45) is 0. The van der Waals surface area contributed by atoms with Crippen molar-refractivity contribution in [3.63, 3.8) is 0 Å². The smallest absolute Gasteiger partial charge is 0.828 e. The summed E-state index contributed by atoms with van der Waals surface area (Å²) < 4.78 is 1.00. The van der Waals surface area contributed by atoms with Gasteiger partial charge in [0.2, 0.25) is 0 Å². The van der Waals surface area contributed by atoms with Crippen LogP contribution >= 0.6 is 0 Å². The van der Waals surface area contributed by atoms with E-state index >= 15 is 0 Å². The molecule has 16 heavy (non-hydrogen) atoms. The van der Waals surface area contributed by atoms with Crippen LogP contribution in [0.1, 0.15) is 0 Å². The van der Waals surface area contributed by atoms with Gasteiger partial charge in [-0.05, 0) is 0 Å². The van der Waals surface area contributed by atoms with E-state index in [1.807, 2.05) is 0 Å². The first-order valence-corrected chi connectivity index (χ1v) is 7.04. The van der Waals surface area contributed by atoms with Gasteiger partial charge in [0.15, 0.2) is 0 Å². The van der Waals surface area contributed by atoms with E-state index in [0.717, 1.165) is 4.48 Å². The molecule has 0 bridgehead atoms. The molecule has 0 aromatic heterocycles. The average Bonchev–Trinajstić information content (AvgIpc) is 1.41. The van der Waals surface area contributed by atoms with Gasteiger partial charge in [0.1, 0.15) is 9.05 Å². The van der Waals surface area contributed by atoms with Crippen molar-refractivity contribution in [2.24, 2.45) is 0 Å². The van der Waals surface area contributed by atoms with Crippen molar-refractivity contribution >= 4 is 18.1 Å². The normalized spacial score (nSPS) is 11.2. The number of hydrogen-bond donors (Lipinski definition) is 6. The zero-order valence-electron chi connectivity index (χ0n) is 9.95. The third-order valence-electron chi connectivity index (χ3n) is 0. The molecule has 0 aromatic carbocycles. The van der Waals surface area contributed by atoms with Crippen LogP contribution in [0.25, 0.3) is 0 Å². The maximum atomic E-state index is 8.80. The van der Waals surface area contributed by atoms with E-state index in [1.54, 1.807) is 0 Å². The molecule has 12 heteroatoms. The Hall–Kier alpha value is 0.671. The van der Waals surface area contributed by atoms with Gasteiger partial charge in [-0.2, -0.15) is 0 Å². The second-order valence-electron chi connectivity index (χ2n) is 3.83. The van der Waals surface area contributed by atoms with Gasteiger partial charge in [0.25, 0.3) is 0 Å². The van der Waals surface area contributed by atoms with Crippen molar-refractivity contribution in [2.45, 2.75) is 0 Å². The molecule has 0 aliphatic rings. The largest absolute Gasteiger partial charge is 1.00 e. The average molecular weight is 271 g/mol. The second kappa shape index (κ2) is 9.68. The van der Waals surface area contributed by atoms with Gasteiger partial charge in [0, 0.05) is 0 Å². The van der Waals surface area contributed by atoms with E-state index in [2.05, 4.69) is 28.2 Å². The molecule has 0 saturated carbocycles. The molecule has 96 valence electrons. The van der Waals surface area contributed by atoms with Crippen molar-refractivity contribution in [3.8, 4) is 0 Å². The van der Waals surface area contributed by atoms with E-state index in [4.69, 9.17) is 38.4 Å². The van der Waals surface area contributed by atoms with Gasteiger partial charge in [0.05, 0.1) is 28.2 Å². The van der Waals surface area contributed by atoms with Crippen LogP contribution < -0.4 is 28.5 Å². The molecule has 0 saturated heterocycles. The van der Waals surface area contributed by atoms with E-state index < -0.39 is 18.1 Å². The molecule has 0 fully saturated rings. The predicted octanol–water partition coefficient (Wildman–Crippen LogP) is -9.16. The standard InChI is InChI=1S/C4H12N.Li.H4O4Si.H2O4Si/c1-5(2,3)4;;2*1-5(2,3)4/h1-4H3;;1-4H;1-2H/q2*+1;;-2. The van der Waals surface area contributed by atoms with Gasteiger partial charge >= 0.3 is 27.9 Å². The Kier molecular flexibility index (Phi) is 15.4.